The molecule has 0 aliphatic rings. The highest BCUT2D eigenvalue weighted by Crippen LogP contribution is 2.22. The third-order valence-electron chi connectivity index (χ3n) is 2.59. The summed E-state index contributed by atoms with van der Waals surface area (Å²) < 4.78 is 32.3. The molecule has 2 rings (SSSR count). The first kappa shape index (κ1) is 15.2. The highest BCUT2D eigenvalue weighted by atomic mass is 32.2. The van der Waals surface area contributed by atoms with Crippen LogP contribution in [0.3, 0.4) is 0 Å². The first-order chi connectivity index (χ1) is 9.88. The number of sulfonamides is 1. The van der Waals surface area contributed by atoms with Crippen LogP contribution in [0, 0.1) is 5.92 Å². The standard InChI is InChI=1S/C13H18N4O3S/c1-9(2)8-20-11-5-3-4-10(6-11)17-21(18,19)12-7-15-16-13(12)14/h3-7,9,17H,8H2,1-2H3,(H3,14,15,16). The van der Waals surface area contributed by atoms with Crippen LogP contribution in [0.1, 0.15) is 13.8 Å². The zero-order valence-electron chi connectivity index (χ0n) is 11.8. The molecule has 4 N–H and O–H groups in total. The zero-order valence-corrected chi connectivity index (χ0v) is 12.6. The number of hydrogen-bond donors (Lipinski definition) is 3. The lowest BCUT2D eigenvalue weighted by atomic mass is 10.2. The number of nitrogen functional groups attached to an aromatic ring is 1. The van der Waals surface area contributed by atoms with Crippen molar-refractivity contribution in [1.82, 2.24) is 10.2 Å². The van der Waals surface area contributed by atoms with Crippen LogP contribution in [0.25, 0.3) is 0 Å². The zero-order chi connectivity index (χ0) is 15.5. The maximum absolute atomic E-state index is 12.2. The number of aromatic amines is 1. The van der Waals surface area contributed by atoms with Crippen molar-refractivity contribution in [3.05, 3.63) is 30.5 Å². The number of hydrogen-bond acceptors (Lipinski definition) is 5. The predicted molar refractivity (Wildman–Crippen MR) is 80.6 cm³/mol. The van der Waals surface area contributed by atoms with Crippen LogP contribution in [-0.4, -0.2) is 25.2 Å². The summed E-state index contributed by atoms with van der Waals surface area (Å²) in [6.45, 7) is 4.63. The van der Waals surface area contributed by atoms with E-state index in [9.17, 15) is 8.42 Å². The van der Waals surface area contributed by atoms with Gasteiger partial charge in [0, 0.05) is 6.07 Å². The summed E-state index contributed by atoms with van der Waals surface area (Å²) in [5.41, 5.74) is 5.93. The molecule has 0 unspecified atom stereocenters. The Balaban J connectivity index is 2.16. The Morgan fingerprint density at radius 3 is 2.81 bits per heavy atom. The summed E-state index contributed by atoms with van der Waals surface area (Å²) in [7, 11) is -3.77. The fourth-order valence-corrected chi connectivity index (χ4v) is 2.70. The molecule has 0 aliphatic heterocycles. The Labute approximate surface area is 123 Å². The third-order valence-corrected chi connectivity index (χ3v) is 4.00. The van der Waals surface area contributed by atoms with Crippen molar-refractivity contribution < 1.29 is 13.2 Å². The molecule has 0 bridgehead atoms. The van der Waals surface area contributed by atoms with E-state index in [0.717, 1.165) is 6.20 Å². The molecule has 0 atom stereocenters. The van der Waals surface area contributed by atoms with Gasteiger partial charge >= 0.3 is 0 Å². The SMILES string of the molecule is CC(C)COc1cccc(NS(=O)(=O)c2cn[nH]c2N)c1. The second kappa shape index (κ2) is 6.04. The predicted octanol–water partition coefficient (Wildman–Crippen LogP) is 1.83. The molecule has 1 aromatic heterocycles. The molecule has 1 aromatic carbocycles. The fraction of sp³-hybridized carbons (Fsp3) is 0.308. The van der Waals surface area contributed by atoms with Gasteiger partial charge in [-0.3, -0.25) is 9.82 Å². The van der Waals surface area contributed by atoms with E-state index >= 15 is 0 Å². The smallest absolute Gasteiger partial charge is 0.267 e. The lowest BCUT2D eigenvalue weighted by Crippen LogP contribution is -2.14. The molecule has 0 spiro atoms. The normalized spacial score (nSPS) is 11.6. The third kappa shape index (κ3) is 3.88. The summed E-state index contributed by atoms with van der Waals surface area (Å²) in [5, 5.41) is 5.99. The van der Waals surface area contributed by atoms with E-state index in [4.69, 9.17) is 10.5 Å². The Bertz CT molecular complexity index is 710. The maximum atomic E-state index is 12.2. The van der Waals surface area contributed by atoms with Crippen molar-refractivity contribution >= 4 is 21.5 Å². The van der Waals surface area contributed by atoms with E-state index in [1.165, 1.54) is 0 Å². The lowest BCUT2D eigenvalue weighted by Gasteiger charge is -2.11. The molecule has 0 amide bonds. The van der Waals surface area contributed by atoms with Gasteiger partial charge in [0.2, 0.25) is 0 Å². The first-order valence-electron chi connectivity index (χ1n) is 6.43. The van der Waals surface area contributed by atoms with Crippen LogP contribution in [0.4, 0.5) is 11.5 Å². The largest absolute Gasteiger partial charge is 0.493 e. The van der Waals surface area contributed by atoms with Gasteiger partial charge in [-0.2, -0.15) is 5.10 Å². The Hall–Kier alpha value is -2.22. The van der Waals surface area contributed by atoms with E-state index in [1.807, 2.05) is 13.8 Å². The van der Waals surface area contributed by atoms with Crippen LogP contribution in [0.2, 0.25) is 0 Å². The molecule has 8 heteroatoms. The lowest BCUT2D eigenvalue weighted by molar-refractivity contribution is 0.271. The average molecular weight is 310 g/mol. The van der Waals surface area contributed by atoms with Crippen LogP contribution < -0.4 is 15.2 Å². The number of nitrogens with one attached hydrogen (secondary N) is 2. The van der Waals surface area contributed by atoms with Gasteiger partial charge < -0.3 is 10.5 Å². The molecular formula is C13H18N4O3S. The number of ether oxygens (including phenoxy) is 1. The molecule has 21 heavy (non-hydrogen) atoms. The maximum Gasteiger partial charge on any atom is 0.267 e. The van der Waals surface area contributed by atoms with Gasteiger partial charge in [-0.15, -0.1) is 0 Å². The van der Waals surface area contributed by atoms with Crippen LogP contribution in [0.5, 0.6) is 5.75 Å². The average Bonchev–Trinajstić information content (AvgIpc) is 2.83. The van der Waals surface area contributed by atoms with Crippen LogP contribution in [0.15, 0.2) is 35.4 Å². The van der Waals surface area contributed by atoms with E-state index in [0.29, 0.717) is 24.0 Å². The van der Waals surface area contributed by atoms with Gasteiger partial charge in [-0.1, -0.05) is 19.9 Å². The molecule has 0 radical (unpaired) electrons. The second-order valence-electron chi connectivity index (χ2n) is 4.99. The molecule has 114 valence electrons. The number of rotatable bonds is 6. The Kier molecular flexibility index (Phi) is 4.37. The molecule has 7 nitrogen and oxygen atoms in total. The topological polar surface area (TPSA) is 110 Å². The molecule has 0 fully saturated rings. The van der Waals surface area contributed by atoms with Gasteiger partial charge in [0.25, 0.3) is 10.0 Å². The van der Waals surface area contributed by atoms with Gasteiger partial charge in [0.1, 0.15) is 16.5 Å². The highest BCUT2D eigenvalue weighted by Gasteiger charge is 2.19. The van der Waals surface area contributed by atoms with Crippen molar-refractivity contribution in [3.63, 3.8) is 0 Å². The van der Waals surface area contributed by atoms with Crippen molar-refractivity contribution in [2.75, 3.05) is 17.1 Å². The number of H-pyrrole nitrogens is 1. The molecule has 2 aromatic rings. The van der Waals surface area contributed by atoms with E-state index in [2.05, 4.69) is 14.9 Å². The molecular weight excluding hydrogens is 292 g/mol. The molecule has 0 saturated carbocycles. The molecule has 1 heterocycles. The van der Waals surface area contributed by atoms with E-state index < -0.39 is 10.0 Å². The van der Waals surface area contributed by atoms with Crippen molar-refractivity contribution in [1.29, 1.82) is 0 Å². The van der Waals surface area contributed by atoms with Crippen molar-refractivity contribution in [3.8, 4) is 5.75 Å². The van der Waals surface area contributed by atoms with Gasteiger partial charge in [0.15, 0.2) is 0 Å². The first-order valence-corrected chi connectivity index (χ1v) is 7.91. The second-order valence-corrected chi connectivity index (χ2v) is 6.64. The number of nitrogens with two attached hydrogens (primary N) is 1. The van der Waals surface area contributed by atoms with Crippen molar-refractivity contribution in [2.45, 2.75) is 18.7 Å². The fourth-order valence-electron chi connectivity index (χ4n) is 1.62. The summed E-state index contributed by atoms with van der Waals surface area (Å²) in [4.78, 5) is -0.0870. The van der Waals surface area contributed by atoms with Gasteiger partial charge in [-0.05, 0) is 18.1 Å². The summed E-state index contributed by atoms with van der Waals surface area (Å²) in [6, 6.07) is 6.74. The number of nitrogens with zero attached hydrogens (tertiary/aromatic N) is 1. The number of aromatic nitrogens is 2. The molecule has 0 saturated heterocycles. The Morgan fingerprint density at radius 1 is 1.43 bits per heavy atom. The number of benzene rings is 1. The van der Waals surface area contributed by atoms with Gasteiger partial charge in [-0.25, -0.2) is 8.42 Å². The minimum Gasteiger partial charge on any atom is -0.493 e. The van der Waals surface area contributed by atoms with Crippen molar-refractivity contribution in [2.24, 2.45) is 5.92 Å². The summed E-state index contributed by atoms with van der Waals surface area (Å²) in [5.74, 6) is 0.981. The highest BCUT2D eigenvalue weighted by molar-refractivity contribution is 7.92. The van der Waals surface area contributed by atoms with Crippen LogP contribution in [-0.2, 0) is 10.0 Å². The van der Waals surface area contributed by atoms with E-state index in [-0.39, 0.29) is 10.7 Å². The minimum atomic E-state index is -3.77. The Morgan fingerprint density at radius 2 is 2.19 bits per heavy atom. The number of anilines is 2. The monoisotopic (exact) mass is 310 g/mol. The minimum absolute atomic E-state index is 0.00490. The quantitative estimate of drug-likeness (QED) is 0.754. The molecule has 0 aliphatic carbocycles. The van der Waals surface area contributed by atoms with E-state index in [1.54, 1.807) is 24.3 Å². The summed E-state index contributed by atoms with van der Waals surface area (Å²) in [6.07, 6.45) is 1.16. The van der Waals surface area contributed by atoms with Gasteiger partial charge in [0.05, 0.1) is 18.5 Å². The summed E-state index contributed by atoms with van der Waals surface area (Å²) >= 11 is 0. The van der Waals surface area contributed by atoms with Crippen LogP contribution >= 0.6 is 0 Å².